The molecule has 0 radical (unpaired) electrons. The Morgan fingerprint density at radius 2 is 1.93 bits per heavy atom. The molecule has 0 fully saturated rings. The molecule has 0 atom stereocenters. The van der Waals surface area contributed by atoms with Gasteiger partial charge >= 0.3 is 5.97 Å². The maximum absolute atomic E-state index is 12.6. The van der Waals surface area contributed by atoms with Crippen molar-refractivity contribution >= 4 is 34.3 Å². The Morgan fingerprint density at radius 1 is 1.14 bits per heavy atom. The fourth-order valence-corrected chi connectivity index (χ4v) is 3.47. The van der Waals surface area contributed by atoms with Crippen LogP contribution in [-0.2, 0) is 16.0 Å². The Morgan fingerprint density at radius 3 is 2.69 bits per heavy atom. The maximum Gasteiger partial charge on any atom is 0.338 e. The van der Waals surface area contributed by atoms with Crippen LogP contribution in [0.5, 0.6) is 0 Å². The van der Waals surface area contributed by atoms with Crippen LogP contribution in [0.15, 0.2) is 36.4 Å². The summed E-state index contributed by atoms with van der Waals surface area (Å²) >= 11 is 5.88. The molecule has 1 aromatic carbocycles. The molecular formula is C22H23ClN2O4. The van der Waals surface area contributed by atoms with Crippen LogP contribution in [0.3, 0.4) is 0 Å². The minimum atomic E-state index is -0.552. The Kier molecular flexibility index (Phi) is 6.67. The number of halogens is 1. The molecule has 0 amide bonds. The van der Waals surface area contributed by atoms with E-state index in [0.717, 1.165) is 29.7 Å². The number of ether oxygens (including phenoxy) is 2. The number of methoxy groups -OCH3 is 1. The van der Waals surface area contributed by atoms with Gasteiger partial charge in [0.15, 0.2) is 6.61 Å². The maximum atomic E-state index is 12.6. The summed E-state index contributed by atoms with van der Waals surface area (Å²) < 4.78 is 12.4. The van der Waals surface area contributed by atoms with Crippen molar-refractivity contribution in [3.05, 3.63) is 64.1 Å². The summed E-state index contributed by atoms with van der Waals surface area (Å²) in [4.78, 5) is 29.2. The molecule has 7 heteroatoms. The van der Waals surface area contributed by atoms with Gasteiger partial charge in [0.25, 0.3) is 0 Å². The van der Waals surface area contributed by atoms with Gasteiger partial charge in [-0.1, -0.05) is 11.6 Å². The first-order valence-electron chi connectivity index (χ1n) is 9.33. The monoisotopic (exact) mass is 414 g/mol. The predicted molar refractivity (Wildman–Crippen MR) is 112 cm³/mol. The van der Waals surface area contributed by atoms with Crippen molar-refractivity contribution in [2.75, 3.05) is 20.3 Å². The van der Waals surface area contributed by atoms with E-state index in [1.54, 1.807) is 37.4 Å². The number of benzene rings is 1. The van der Waals surface area contributed by atoms with E-state index in [1.807, 2.05) is 19.9 Å². The van der Waals surface area contributed by atoms with Gasteiger partial charge in [-0.3, -0.25) is 4.79 Å². The van der Waals surface area contributed by atoms with Crippen LogP contribution >= 0.6 is 11.6 Å². The van der Waals surface area contributed by atoms with E-state index in [1.165, 1.54) is 0 Å². The second kappa shape index (κ2) is 9.20. The lowest BCUT2D eigenvalue weighted by Crippen LogP contribution is -2.15. The van der Waals surface area contributed by atoms with Crippen LogP contribution in [-0.4, -0.2) is 41.6 Å². The van der Waals surface area contributed by atoms with Gasteiger partial charge in [0.05, 0.1) is 11.1 Å². The van der Waals surface area contributed by atoms with Gasteiger partial charge < -0.3 is 14.0 Å². The molecule has 2 heterocycles. The van der Waals surface area contributed by atoms with Crippen LogP contribution < -0.4 is 0 Å². The highest BCUT2D eigenvalue weighted by Crippen LogP contribution is 2.19. The van der Waals surface area contributed by atoms with Gasteiger partial charge in [-0.15, -0.1) is 0 Å². The largest absolute Gasteiger partial charge is 0.454 e. The number of Topliss-reactive ketones (excluding diaryl/α,β-unsaturated/α-hetero) is 1. The van der Waals surface area contributed by atoms with Gasteiger partial charge in [0.2, 0.25) is 5.78 Å². The zero-order valence-corrected chi connectivity index (χ0v) is 17.5. The molecule has 0 aliphatic carbocycles. The number of hydrogen-bond donors (Lipinski definition) is 0. The highest BCUT2D eigenvalue weighted by atomic mass is 35.5. The van der Waals surface area contributed by atoms with E-state index >= 15 is 0 Å². The number of fused-ring (bicyclic) bond motifs is 1. The summed E-state index contributed by atoms with van der Waals surface area (Å²) in [5, 5.41) is 1.16. The highest BCUT2D eigenvalue weighted by Gasteiger charge is 2.18. The zero-order valence-electron chi connectivity index (χ0n) is 16.7. The lowest BCUT2D eigenvalue weighted by Gasteiger charge is -2.09. The van der Waals surface area contributed by atoms with Crippen molar-refractivity contribution in [1.29, 1.82) is 0 Å². The molecule has 0 N–H and O–H groups in total. The number of carbonyl (C=O) groups excluding carboxylic acids is 2. The fourth-order valence-electron chi connectivity index (χ4n) is 3.31. The van der Waals surface area contributed by atoms with E-state index in [0.29, 0.717) is 28.4 Å². The molecule has 0 bridgehead atoms. The standard InChI is InChI=1S/C22H23ClN2O4/c1-14-11-18(15(2)25(14)9-4-10-28-3)20(26)13-29-22(27)17-5-7-19-16(12-17)6-8-21(23)24-19/h5-8,11-12H,4,9-10,13H2,1-3H3. The number of esters is 1. The third-order valence-electron chi connectivity index (χ3n) is 4.83. The number of hydrogen-bond acceptors (Lipinski definition) is 5. The Balaban J connectivity index is 1.66. The summed E-state index contributed by atoms with van der Waals surface area (Å²) in [6, 6.07) is 10.3. The first-order valence-corrected chi connectivity index (χ1v) is 9.71. The third kappa shape index (κ3) is 4.83. The number of rotatable bonds is 8. The average molecular weight is 415 g/mol. The van der Waals surface area contributed by atoms with Gasteiger partial charge in [-0.25, -0.2) is 9.78 Å². The van der Waals surface area contributed by atoms with Crippen LogP contribution in [0.4, 0.5) is 0 Å². The first-order chi connectivity index (χ1) is 13.9. The molecule has 2 aromatic heterocycles. The van der Waals surface area contributed by atoms with Crippen molar-refractivity contribution in [3.8, 4) is 0 Å². The normalized spacial score (nSPS) is 11.0. The number of pyridine rings is 1. The van der Waals surface area contributed by atoms with E-state index in [4.69, 9.17) is 21.1 Å². The molecule has 152 valence electrons. The first kappa shape index (κ1) is 21.0. The Bertz CT molecular complexity index is 1060. The van der Waals surface area contributed by atoms with Crippen molar-refractivity contribution in [3.63, 3.8) is 0 Å². The minimum Gasteiger partial charge on any atom is -0.454 e. The van der Waals surface area contributed by atoms with Gasteiger partial charge in [-0.2, -0.15) is 0 Å². The van der Waals surface area contributed by atoms with Crippen molar-refractivity contribution in [2.24, 2.45) is 0 Å². The van der Waals surface area contributed by atoms with Gasteiger partial charge in [-0.05, 0) is 56.7 Å². The average Bonchev–Trinajstić information content (AvgIpc) is 2.99. The Labute approximate surface area is 174 Å². The molecule has 6 nitrogen and oxygen atoms in total. The van der Waals surface area contributed by atoms with Crippen molar-refractivity contribution in [1.82, 2.24) is 9.55 Å². The van der Waals surface area contributed by atoms with Crippen LogP contribution in [0, 0.1) is 13.8 Å². The lowest BCUT2D eigenvalue weighted by atomic mass is 10.1. The Hall–Kier alpha value is -2.70. The molecule has 29 heavy (non-hydrogen) atoms. The second-order valence-corrected chi connectivity index (χ2v) is 7.21. The quantitative estimate of drug-likeness (QED) is 0.237. The van der Waals surface area contributed by atoms with Crippen LogP contribution in [0.25, 0.3) is 10.9 Å². The molecular weight excluding hydrogens is 392 g/mol. The predicted octanol–water partition coefficient (Wildman–Crippen LogP) is 4.38. The topological polar surface area (TPSA) is 70.4 Å². The van der Waals surface area contributed by atoms with Crippen LogP contribution in [0.2, 0.25) is 5.15 Å². The number of nitrogens with zero attached hydrogens (tertiary/aromatic N) is 2. The zero-order chi connectivity index (χ0) is 21.0. The number of carbonyl (C=O) groups is 2. The van der Waals surface area contributed by atoms with E-state index in [9.17, 15) is 9.59 Å². The molecule has 3 rings (SSSR count). The summed E-state index contributed by atoms with van der Waals surface area (Å²) in [6.45, 7) is 4.98. The molecule has 0 aliphatic rings. The van der Waals surface area contributed by atoms with Gasteiger partial charge in [0.1, 0.15) is 5.15 Å². The summed E-state index contributed by atoms with van der Waals surface area (Å²) in [7, 11) is 1.67. The van der Waals surface area contributed by atoms with Crippen LogP contribution in [0.1, 0.15) is 38.5 Å². The number of ketones is 1. The van der Waals surface area contributed by atoms with Gasteiger partial charge in [0, 0.05) is 42.6 Å². The summed E-state index contributed by atoms with van der Waals surface area (Å²) in [5.41, 5.74) is 3.48. The van der Waals surface area contributed by atoms with Crippen molar-refractivity contribution < 1.29 is 19.1 Å². The molecule has 0 unspecified atom stereocenters. The fraction of sp³-hybridized carbons (Fsp3) is 0.318. The third-order valence-corrected chi connectivity index (χ3v) is 5.04. The summed E-state index contributed by atoms with van der Waals surface area (Å²) in [5.74, 6) is -0.775. The molecule has 0 saturated carbocycles. The van der Waals surface area contributed by atoms with E-state index < -0.39 is 5.97 Å². The molecule has 0 saturated heterocycles. The smallest absolute Gasteiger partial charge is 0.338 e. The molecule has 0 spiro atoms. The van der Waals surface area contributed by atoms with E-state index in [2.05, 4.69) is 9.55 Å². The highest BCUT2D eigenvalue weighted by molar-refractivity contribution is 6.29. The minimum absolute atomic E-state index is 0.223. The van der Waals surface area contributed by atoms with Crippen molar-refractivity contribution in [2.45, 2.75) is 26.8 Å². The second-order valence-electron chi connectivity index (χ2n) is 6.82. The number of aromatic nitrogens is 2. The summed E-state index contributed by atoms with van der Waals surface area (Å²) in [6.07, 6.45) is 0.859. The SMILES string of the molecule is COCCCn1c(C)cc(C(=O)COC(=O)c2ccc3nc(Cl)ccc3c2)c1C. The molecule has 0 aliphatic heterocycles. The number of aryl methyl sites for hydroxylation is 1. The lowest BCUT2D eigenvalue weighted by molar-refractivity contribution is 0.0474. The molecule has 3 aromatic rings. The van der Waals surface area contributed by atoms with E-state index in [-0.39, 0.29) is 12.4 Å².